The quantitative estimate of drug-likeness (QED) is 0.636. The molecule has 5 nitrogen and oxygen atoms in total. The van der Waals surface area contributed by atoms with Gasteiger partial charge in [0, 0.05) is 28.7 Å². The fourth-order valence-electron chi connectivity index (χ4n) is 3.85. The number of hydrogen-bond acceptors (Lipinski definition) is 4. The van der Waals surface area contributed by atoms with Gasteiger partial charge in [-0.25, -0.2) is 0 Å². The average Bonchev–Trinajstić information content (AvgIpc) is 3.11. The van der Waals surface area contributed by atoms with Crippen LogP contribution in [0.5, 0.6) is 5.75 Å². The van der Waals surface area contributed by atoms with E-state index in [1.54, 1.807) is 36.6 Å². The van der Waals surface area contributed by atoms with Crippen molar-refractivity contribution >= 4 is 28.8 Å². The minimum absolute atomic E-state index is 0.00596. The Hall–Kier alpha value is -1.63. The van der Waals surface area contributed by atoms with Gasteiger partial charge in [0.25, 0.3) is 5.91 Å². The molecule has 1 aliphatic rings. The maximum atomic E-state index is 13.0. The first-order valence-electron chi connectivity index (χ1n) is 10.6. The van der Waals surface area contributed by atoms with Crippen molar-refractivity contribution in [3.63, 3.8) is 0 Å². The third kappa shape index (κ3) is 5.34. The first-order chi connectivity index (χ1) is 14.2. The number of aromatic nitrogens is 1. The molecule has 2 aromatic rings. The largest absolute Gasteiger partial charge is 0.496 e. The maximum absolute atomic E-state index is 13.0. The summed E-state index contributed by atoms with van der Waals surface area (Å²) in [4.78, 5) is 22.0. The van der Waals surface area contributed by atoms with Crippen LogP contribution in [0.1, 0.15) is 62.2 Å². The lowest BCUT2D eigenvalue weighted by atomic mass is 9.95. The molecule has 1 aromatic heterocycles. The van der Waals surface area contributed by atoms with Gasteiger partial charge in [0.15, 0.2) is 4.80 Å². The molecule has 0 unspecified atom stereocenters. The van der Waals surface area contributed by atoms with Crippen molar-refractivity contribution in [1.29, 1.82) is 0 Å². The first kappa shape index (κ1) is 23.0. The third-order valence-corrected chi connectivity index (χ3v) is 7.29. The van der Waals surface area contributed by atoms with Crippen LogP contribution in [-0.2, 0) is 12.0 Å². The molecular weight excluding hydrogens is 418 g/mol. The highest BCUT2D eigenvalue weighted by atomic mass is 35.5. The van der Waals surface area contributed by atoms with Crippen LogP contribution in [0.4, 0.5) is 0 Å². The molecular formula is C23H32ClN3O2S. The smallest absolute Gasteiger partial charge is 0.283 e. The summed E-state index contributed by atoms with van der Waals surface area (Å²) in [6, 6.07) is 5.51. The molecule has 0 bridgehead atoms. The molecule has 1 fully saturated rings. The Labute approximate surface area is 188 Å². The second-order valence-electron chi connectivity index (χ2n) is 8.82. The van der Waals surface area contributed by atoms with Crippen molar-refractivity contribution in [1.82, 2.24) is 9.47 Å². The zero-order chi connectivity index (χ0) is 21.9. The second kappa shape index (κ2) is 9.67. The fourth-order valence-corrected chi connectivity index (χ4v) is 5.08. The number of amides is 1. The standard InChI is InChI=1S/C23H32ClN3O2S/c1-6-26-12-8-7-9-17(26)14-27-15-20(23(2,3)4)30-22(27)25-21(28)18-13-16(24)10-11-19(18)29-5/h10-11,13,15,17H,6-9,12,14H2,1-5H3/b25-22-/t17-/m1/s1. The molecule has 0 N–H and O–H groups in total. The van der Waals surface area contributed by atoms with E-state index in [4.69, 9.17) is 16.3 Å². The Balaban J connectivity index is 2.01. The summed E-state index contributed by atoms with van der Waals surface area (Å²) in [5, 5.41) is 0.490. The maximum Gasteiger partial charge on any atom is 0.283 e. The number of thiazole rings is 1. The third-order valence-electron chi connectivity index (χ3n) is 5.61. The van der Waals surface area contributed by atoms with Crippen LogP contribution in [0.2, 0.25) is 5.02 Å². The number of carbonyl (C=O) groups excluding carboxylic acids is 1. The number of carbonyl (C=O) groups is 1. The number of likely N-dealkylation sites (tertiary alicyclic amines) is 1. The Morgan fingerprint density at radius 2 is 2.10 bits per heavy atom. The van der Waals surface area contributed by atoms with Crippen LogP contribution in [-0.4, -0.2) is 41.6 Å². The second-order valence-corrected chi connectivity index (χ2v) is 10.3. The Bertz CT molecular complexity index is 958. The lowest BCUT2D eigenvalue weighted by molar-refractivity contribution is 0.0993. The highest BCUT2D eigenvalue weighted by Crippen LogP contribution is 2.26. The SMILES string of the molecule is CCN1CCCC[C@@H]1Cn1cc(C(C)(C)C)s/c1=N\C(=O)c1cc(Cl)ccc1OC. The molecule has 164 valence electrons. The first-order valence-corrected chi connectivity index (χ1v) is 11.8. The van der Waals surface area contributed by atoms with E-state index in [1.165, 1.54) is 24.1 Å². The molecule has 30 heavy (non-hydrogen) atoms. The van der Waals surface area contributed by atoms with Crippen molar-refractivity contribution in [2.45, 2.75) is 65.0 Å². The average molecular weight is 450 g/mol. The van der Waals surface area contributed by atoms with Gasteiger partial charge in [-0.1, -0.05) is 45.7 Å². The molecule has 0 spiro atoms. The van der Waals surface area contributed by atoms with Crippen molar-refractivity contribution in [2.24, 2.45) is 4.99 Å². The Morgan fingerprint density at radius 3 is 2.77 bits per heavy atom. The van der Waals surface area contributed by atoms with E-state index in [-0.39, 0.29) is 11.3 Å². The van der Waals surface area contributed by atoms with E-state index >= 15 is 0 Å². The summed E-state index contributed by atoms with van der Waals surface area (Å²) in [5.41, 5.74) is 0.378. The molecule has 0 aliphatic carbocycles. The molecule has 2 heterocycles. The summed E-state index contributed by atoms with van der Waals surface area (Å²) in [6.45, 7) is 11.8. The van der Waals surface area contributed by atoms with Gasteiger partial charge in [-0.15, -0.1) is 11.3 Å². The number of piperidine rings is 1. The summed E-state index contributed by atoms with van der Waals surface area (Å²) in [5.74, 6) is 0.151. The highest BCUT2D eigenvalue weighted by molar-refractivity contribution is 7.09. The summed E-state index contributed by atoms with van der Waals surface area (Å²) in [6.07, 6.45) is 5.87. The lowest BCUT2D eigenvalue weighted by Crippen LogP contribution is -2.43. The number of benzene rings is 1. The van der Waals surface area contributed by atoms with Crippen LogP contribution in [0.25, 0.3) is 0 Å². The van der Waals surface area contributed by atoms with Crippen LogP contribution < -0.4 is 9.54 Å². The van der Waals surface area contributed by atoms with Crippen molar-refractivity contribution in [2.75, 3.05) is 20.2 Å². The monoisotopic (exact) mass is 449 g/mol. The van der Waals surface area contributed by atoms with Gasteiger partial charge in [-0.2, -0.15) is 4.99 Å². The number of hydrogen-bond donors (Lipinski definition) is 0. The molecule has 3 rings (SSSR count). The summed E-state index contributed by atoms with van der Waals surface area (Å²) >= 11 is 7.71. The molecule has 0 radical (unpaired) electrons. The number of nitrogens with zero attached hydrogens (tertiary/aromatic N) is 3. The predicted octanol–water partition coefficient (Wildman–Crippen LogP) is 5.12. The topological polar surface area (TPSA) is 46.8 Å². The zero-order valence-corrected chi connectivity index (χ0v) is 20.1. The Morgan fingerprint density at radius 1 is 1.33 bits per heavy atom. The molecule has 1 aromatic carbocycles. The lowest BCUT2D eigenvalue weighted by Gasteiger charge is -2.35. The van der Waals surface area contributed by atoms with E-state index < -0.39 is 0 Å². The molecule has 7 heteroatoms. The van der Waals surface area contributed by atoms with Crippen molar-refractivity contribution in [3.8, 4) is 5.75 Å². The van der Waals surface area contributed by atoms with Crippen LogP contribution >= 0.6 is 22.9 Å². The minimum atomic E-state index is -0.332. The van der Waals surface area contributed by atoms with Gasteiger partial charge in [0.1, 0.15) is 5.75 Å². The number of methoxy groups -OCH3 is 1. The van der Waals surface area contributed by atoms with Crippen LogP contribution in [0.15, 0.2) is 29.4 Å². The fraction of sp³-hybridized carbons (Fsp3) is 0.565. The van der Waals surface area contributed by atoms with Crippen LogP contribution in [0.3, 0.4) is 0 Å². The van der Waals surface area contributed by atoms with Crippen molar-refractivity contribution < 1.29 is 9.53 Å². The summed E-state index contributed by atoms with van der Waals surface area (Å²) < 4.78 is 7.51. The van der Waals surface area contributed by atoms with Gasteiger partial charge in [-0.3, -0.25) is 9.69 Å². The van der Waals surface area contributed by atoms with Gasteiger partial charge in [0.2, 0.25) is 0 Å². The molecule has 0 saturated carbocycles. The van der Waals surface area contributed by atoms with Gasteiger partial charge in [-0.05, 0) is 49.5 Å². The molecule has 1 atom stereocenters. The number of rotatable bonds is 5. The van der Waals surface area contributed by atoms with E-state index in [9.17, 15) is 4.79 Å². The van der Waals surface area contributed by atoms with Gasteiger partial charge < -0.3 is 9.30 Å². The number of halogens is 1. The van der Waals surface area contributed by atoms with Gasteiger partial charge >= 0.3 is 0 Å². The normalized spacial score (nSPS) is 18.6. The summed E-state index contributed by atoms with van der Waals surface area (Å²) in [7, 11) is 1.55. The molecule has 1 aliphatic heterocycles. The van der Waals surface area contributed by atoms with E-state index in [1.807, 2.05) is 0 Å². The van der Waals surface area contributed by atoms with E-state index in [0.717, 1.165) is 24.4 Å². The predicted molar refractivity (Wildman–Crippen MR) is 124 cm³/mol. The molecule has 1 amide bonds. The minimum Gasteiger partial charge on any atom is -0.496 e. The number of ether oxygens (including phenoxy) is 1. The zero-order valence-electron chi connectivity index (χ0n) is 18.6. The van der Waals surface area contributed by atoms with E-state index in [2.05, 4.69) is 48.4 Å². The molecule has 1 saturated heterocycles. The van der Waals surface area contributed by atoms with Crippen LogP contribution in [0, 0.1) is 0 Å². The van der Waals surface area contributed by atoms with E-state index in [0.29, 0.717) is 22.4 Å². The highest BCUT2D eigenvalue weighted by Gasteiger charge is 2.24. The van der Waals surface area contributed by atoms with Gasteiger partial charge in [0.05, 0.1) is 12.7 Å². The van der Waals surface area contributed by atoms with Crippen molar-refractivity contribution in [3.05, 3.63) is 44.7 Å². The Kier molecular flexibility index (Phi) is 7.43. The number of likely N-dealkylation sites (N-methyl/N-ethyl adjacent to an activating group) is 1.